The normalized spacial score (nSPS) is 10.5. The minimum absolute atomic E-state index is 0.0125. The van der Waals surface area contributed by atoms with E-state index in [1.54, 1.807) is 24.3 Å². The summed E-state index contributed by atoms with van der Waals surface area (Å²) in [5, 5.41) is 0.426. The molecule has 0 unspecified atom stereocenters. The zero-order valence-corrected chi connectivity index (χ0v) is 12.0. The third kappa shape index (κ3) is 3.29. The van der Waals surface area contributed by atoms with Crippen LogP contribution < -0.4 is 4.90 Å². The molecule has 0 saturated carbocycles. The molecule has 19 heavy (non-hydrogen) atoms. The van der Waals surface area contributed by atoms with E-state index in [4.69, 9.17) is 0 Å². The van der Waals surface area contributed by atoms with Crippen molar-refractivity contribution in [3.05, 3.63) is 59.4 Å². The Morgan fingerprint density at radius 2 is 1.68 bits per heavy atom. The number of aromatic nitrogens is 1. The highest BCUT2D eigenvalue weighted by atomic mass is 79.9. The first-order valence-corrected chi connectivity index (χ1v) is 6.88. The van der Waals surface area contributed by atoms with Gasteiger partial charge >= 0.3 is 0 Å². The summed E-state index contributed by atoms with van der Waals surface area (Å²) < 4.78 is 27.9. The van der Waals surface area contributed by atoms with Crippen LogP contribution in [0.3, 0.4) is 0 Å². The molecule has 0 aliphatic heterocycles. The lowest BCUT2D eigenvalue weighted by molar-refractivity contribution is 0.574. The van der Waals surface area contributed by atoms with Gasteiger partial charge in [0.25, 0.3) is 0 Å². The number of halogens is 3. The largest absolute Gasteiger partial charge is 0.366 e. The lowest BCUT2D eigenvalue weighted by atomic mass is 10.1. The maximum atomic E-state index is 13.9. The number of alkyl halides is 1. The van der Waals surface area contributed by atoms with Crippen molar-refractivity contribution < 1.29 is 8.78 Å². The molecule has 5 heteroatoms. The summed E-state index contributed by atoms with van der Waals surface area (Å²) in [7, 11) is 1.66. The Bertz CT molecular complexity index is 538. The Kier molecular flexibility index (Phi) is 4.47. The second kappa shape index (κ2) is 6.10. The standard InChI is InChI=1S/C14H13BrF2N2/c1-19(9-10-2-4-18-5-3-10)14-12(16)6-11(8-15)7-13(14)17/h2-7H,8-9H2,1H3. The fourth-order valence-corrected chi connectivity index (χ4v) is 2.22. The van der Waals surface area contributed by atoms with Crippen LogP contribution in [0, 0.1) is 11.6 Å². The summed E-state index contributed by atoms with van der Waals surface area (Å²) in [6.07, 6.45) is 3.31. The van der Waals surface area contributed by atoms with Gasteiger partial charge in [-0.05, 0) is 35.4 Å². The van der Waals surface area contributed by atoms with Gasteiger partial charge in [-0.3, -0.25) is 4.98 Å². The van der Waals surface area contributed by atoms with Crippen molar-refractivity contribution in [1.29, 1.82) is 0 Å². The van der Waals surface area contributed by atoms with Crippen molar-refractivity contribution in [2.45, 2.75) is 11.9 Å². The average Bonchev–Trinajstić information content (AvgIpc) is 2.38. The fraction of sp³-hybridized carbons (Fsp3) is 0.214. The lowest BCUT2D eigenvalue weighted by Gasteiger charge is -2.21. The van der Waals surface area contributed by atoms with Crippen LogP contribution in [-0.4, -0.2) is 12.0 Å². The summed E-state index contributed by atoms with van der Waals surface area (Å²) in [6, 6.07) is 6.32. The predicted octanol–water partition coefficient (Wildman–Crippen LogP) is 3.89. The smallest absolute Gasteiger partial charge is 0.149 e. The molecule has 1 aromatic heterocycles. The molecule has 0 atom stereocenters. The summed E-state index contributed by atoms with van der Waals surface area (Å²) in [5.41, 5.74) is 1.51. The Hall–Kier alpha value is -1.49. The molecule has 2 nitrogen and oxygen atoms in total. The van der Waals surface area contributed by atoms with Gasteiger partial charge in [0.05, 0.1) is 0 Å². The van der Waals surface area contributed by atoms with Gasteiger partial charge in [-0.2, -0.15) is 0 Å². The third-order valence-corrected chi connectivity index (χ3v) is 3.43. The van der Waals surface area contributed by atoms with E-state index in [9.17, 15) is 8.78 Å². The van der Waals surface area contributed by atoms with Gasteiger partial charge in [0.15, 0.2) is 0 Å². The lowest BCUT2D eigenvalue weighted by Crippen LogP contribution is -2.19. The molecule has 0 aliphatic rings. The van der Waals surface area contributed by atoms with E-state index >= 15 is 0 Å². The maximum absolute atomic E-state index is 13.9. The van der Waals surface area contributed by atoms with Gasteiger partial charge in [-0.1, -0.05) is 15.9 Å². The highest BCUT2D eigenvalue weighted by Crippen LogP contribution is 2.26. The SMILES string of the molecule is CN(Cc1ccncc1)c1c(F)cc(CBr)cc1F. The molecule has 1 aromatic carbocycles. The number of benzene rings is 1. The zero-order chi connectivity index (χ0) is 13.8. The third-order valence-electron chi connectivity index (χ3n) is 2.78. The van der Waals surface area contributed by atoms with Crippen LogP contribution in [0.5, 0.6) is 0 Å². The van der Waals surface area contributed by atoms with Crippen LogP contribution in [-0.2, 0) is 11.9 Å². The first kappa shape index (κ1) is 13.9. The second-order valence-electron chi connectivity index (χ2n) is 4.25. The highest BCUT2D eigenvalue weighted by Gasteiger charge is 2.15. The van der Waals surface area contributed by atoms with Crippen LogP contribution >= 0.6 is 15.9 Å². The number of pyridine rings is 1. The Morgan fingerprint density at radius 3 is 2.21 bits per heavy atom. The van der Waals surface area contributed by atoms with Crippen molar-refractivity contribution in [2.75, 3.05) is 11.9 Å². The number of nitrogens with zero attached hydrogens (tertiary/aromatic N) is 2. The van der Waals surface area contributed by atoms with Crippen molar-refractivity contribution in [3.8, 4) is 0 Å². The van der Waals surface area contributed by atoms with Crippen molar-refractivity contribution in [2.24, 2.45) is 0 Å². The molecule has 0 radical (unpaired) electrons. The Labute approximate surface area is 119 Å². The molecule has 0 aliphatic carbocycles. The minimum atomic E-state index is -0.550. The van der Waals surface area contributed by atoms with E-state index in [1.165, 1.54) is 12.1 Å². The molecule has 1 heterocycles. The molecule has 0 amide bonds. The van der Waals surface area contributed by atoms with Crippen molar-refractivity contribution in [1.82, 2.24) is 4.98 Å². The highest BCUT2D eigenvalue weighted by molar-refractivity contribution is 9.08. The summed E-state index contributed by atoms with van der Waals surface area (Å²) in [4.78, 5) is 5.46. The topological polar surface area (TPSA) is 16.1 Å². The minimum Gasteiger partial charge on any atom is -0.366 e. The maximum Gasteiger partial charge on any atom is 0.149 e. The predicted molar refractivity (Wildman–Crippen MR) is 75.3 cm³/mol. The van der Waals surface area contributed by atoms with E-state index < -0.39 is 11.6 Å². The molecular formula is C14H13BrF2N2. The first-order chi connectivity index (χ1) is 9.11. The molecule has 0 spiro atoms. The van der Waals surface area contributed by atoms with Gasteiger partial charge in [0.2, 0.25) is 0 Å². The van der Waals surface area contributed by atoms with E-state index in [0.717, 1.165) is 5.56 Å². The van der Waals surface area contributed by atoms with Crippen LogP contribution in [0.2, 0.25) is 0 Å². The number of hydrogen-bond acceptors (Lipinski definition) is 2. The monoisotopic (exact) mass is 326 g/mol. The summed E-state index contributed by atoms with van der Waals surface area (Å²) in [5.74, 6) is -1.10. The quantitative estimate of drug-likeness (QED) is 0.792. The van der Waals surface area contributed by atoms with E-state index in [2.05, 4.69) is 20.9 Å². The summed E-state index contributed by atoms with van der Waals surface area (Å²) >= 11 is 3.19. The van der Waals surface area contributed by atoms with Crippen molar-refractivity contribution >= 4 is 21.6 Å². The van der Waals surface area contributed by atoms with Gasteiger partial charge in [-0.15, -0.1) is 0 Å². The second-order valence-corrected chi connectivity index (χ2v) is 4.81. The molecule has 100 valence electrons. The van der Waals surface area contributed by atoms with Crippen LogP contribution in [0.4, 0.5) is 14.5 Å². The molecule has 0 saturated heterocycles. The Balaban J connectivity index is 2.26. The van der Waals surface area contributed by atoms with E-state index in [1.807, 2.05) is 12.1 Å². The van der Waals surface area contributed by atoms with Gasteiger partial charge in [0.1, 0.15) is 17.3 Å². The van der Waals surface area contributed by atoms with Crippen molar-refractivity contribution in [3.63, 3.8) is 0 Å². The first-order valence-electron chi connectivity index (χ1n) is 5.75. The number of rotatable bonds is 4. The van der Waals surface area contributed by atoms with Crippen LogP contribution in [0.25, 0.3) is 0 Å². The molecule has 2 rings (SSSR count). The van der Waals surface area contributed by atoms with Crippen LogP contribution in [0.15, 0.2) is 36.7 Å². The van der Waals surface area contributed by atoms with E-state index in [0.29, 0.717) is 17.4 Å². The summed E-state index contributed by atoms with van der Waals surface area (Å²) in [6.45, 7) is 0.421. The molecule has 0 fully saturated rings. The zero-order valence-electron chi connectivity index (χ0n) is 10.4. The van der Waals surface area contributed by atoms with Gasteiger partial charge < -0.3 is 4.90 Å². The Morgan fingerprint density at radius 1 is 1.11 bits per heavy atom. The number of hydrogen-bond donors (Lipinski definition) is 0. The van der Waals surface area contributed by atoms with Crippen LogP contribution in [0.1, 0.15) is 11.1 Å². The molecule has 0 bridgehead atoms. The van der Waals surface area contributed by atoms with Gasteiger partial charge in [-0.25, -0.2) is 8.78 Å². The van der Waals surface area contributed by atoms with E-state index in [-0.39, 0.29) is 5.69 Å². The fourth-order valence-electron chi connectivity index (χ4n) is 1.90. The number of anilines is 1. The van der Waals surface area contributed by atoms with Gasteiger partial charge in [0, 0.05) is 31.3 Å². The molecule has 0 N–H and O–H groups in total. The molecule has 2 aromatic rings. The average molecular weight is 327 g/mol. The molecular weight excluding hydrogens is 314 g/mol.